The highest BCUT2D eigenvalue weighted by Crippen LogP contribution is 2.45. The van der Waals surface area contributed by atoms with E-state index in [2.05, 4.69) is 4.98 Å². The average Bonchev–Trinajstić information content (AvgIpc) is 3.42. The van der Waals surface area contributed by atoms with Crippen LogP contribution in [0.2, 0.25) is 0 Å². The first-order valence-corrected chi connectivity index (χ1v) is 11.0. The van der Waals surface area contributed by atoms with Crippen molar-refractivity contribution < 1.29 is 27.6 Å². The van der Waals surface area contributed by atoms with Crippen LogP contribution < -0.4 is 5.73 Å². The van der Waals surface area contributed by atoms with Gasteiger partial charge in [0.15, 0.2) is 11.8 Å². The predicted octanol–water partition coefficient (Wildman–Crippen LogP) is 4.12. The monoisotopic (exact) mass is 494 g/mol. The van der Waals surface area contributed by atoms with Crippen molar-refractivity contribution in [3.05, 3.63) is 96.2 Å². The highest BCUT2D eigenvalue weighted by molar-refractivity contribution is 5.94. The van der Waals surface area contributed by atoms with Crippen LogP contribution in [-0.2, 0) is 20.0 Å². The Morgan fingerprint density at radius 2 is 1.67 bits per heavy atom. The number of aromatic nitrogens is 1. The van der Waals surface area contributed by atoms with Gasteiger partial charge in [-0.3, -0.25) is 10.5 Å². The standard InChI is InChI=1S/C26H21F3N4O3/c1-32-22(34)25(19-7-3-2-4-8-19,33(24(32)30)36-23(35)26(27,28)29)20-9-5-6-16(15-20)17-10-11-21-18(14-17)12-13-31-21/h2-15,24,31H,30H2,1H3. The van der Waals surface area contributed by atoms with E-state index in [4.69, 9.17) is 10.6 Å². The average molecular weight is 494 g/mol. The number of carbonyl (C=O) groups excluding carboxylic acids is 2. The van der Waals surface area contributed by atoms with E-state index in [1.165, 1.54) is 7.05 Å². The molecule has 0 aliphatic carbocycles. The molecular formula is C26H21F3N4O3. The first-order valence-electron chi connectivity index (χ1n) is 11.0. The Hall–Kier alpha value is -4.15. The number of rotatable bonds is 4. The molecule has 5 rings (SSSR count). The summed E-state index contributed by atoms with van der Waals surface area (Å²) < 4.78 is 39.7. The molecule has 2 unspecified atom stereocenters. The molecule has 3 aromatic carbocycles. The molecule has 0 radical (unpaired) electrons. The fourth-order valence-corrected chi connectivity index (χ4v) is 4.59. The summed E-state index contributed by atoms with van der Waals surface area (Å²) in [5.41, 5.74) is 7.25. The Morgan fingerprint density at radius 1 is 0.972 bits per heavy atom. The molecule has 1 aromatic heterocycles. The van der Waals surface area contributed by atoms with Crippen molar-refractivity contribution in [3.63, 3.8) is 0 Å². The van der Waals surface area contributed by atoms with Crippen LogP contribution in [0, 0.1) is 0 Å². The van der Waals surface area contributed by atoms with Crippen molar-refractivity contribution >= 4 is 22.8 Å². The summed E-state index contributed by atoms with van der Waals surface area (Å²) in [4.78, 5) is 34.7. The number of hydrogen-bond donors (Lipinski definition) is 2. The van der Waals surface area contributed by atoms with Gasteiger partial charge in [-0.1, -0.05) is 59.7 Å². The van der Waals surface area contributed by atoms with E-state index < -0.39 is 29.9 Å². The molecule has 36 heavy (non-hydrogen) atoms. The van der Waals surface area contributed by atoms with Crippen molar-refractivity contribution in [3.8, 4) is 11.1 Å². The van der Waals surface area contributed by atoms with Crippen LogP contribution in [0.25, 0.3) is 22.0 Å². The Morgan fingerprint density at radius 3 is 2.39 bits per heavy atom. The van der Waals surface area contributed by atoms with E-state index in [0.29, 0.717) is 21.8 Å². The SMILES string of the molecule is CN1C(=O)C(c2ccccc2)(c2cccc(-c3ccc4[nH]ccc4c3)c2)N(OC(=O)C(F)(F)F)C1N. The van der Waals surface area contributed by atoms with Crippen LogP contribution in [0.15, 0.2) is 85.1 Å². The third-order valence-electron chi connectivity index (χ3n) is 6.37. The molecule has 0 spiro atoms. The van der Waals surface area contributed by atoms with Gasteiger partial charge in [0.25, 0.3) is 5.91 Å². The van der Waals surface area contributed by atoms with Gasteiger partial charge in [0.05, 0.1) is 0 Å². The Labute approximate surface area is 203 Å². The Kier molecular flexibility index (Phi) is 5.57. The quantitative estimate of drug-likeness (QED) is 0.446. The first-order chi connectivity index (χ1) is 17.1. The maximum atomic E-state index is 13.8. The fourth-order valence-electron chi connectivity index (χ4n) is 4.59. The van der Waals surface area contributed by atoms with E-state index in [9.17, 15) is 22.8 Å². The van der Waals surface area contributed by atoms with Crippen LogP contribution in [0.1, 0.15) is 11.1 Å². The van der Waals surface area contributed by atoms with Crippen LogP contribution in [0.4, 0.5) is 13.2 Å². The molecular weight excluding hydrogens is 473 g/mol. The zero-order valence-electron chi connectivity index (χ0n) is 19.0. The Balaban J connectivity index is 1.72. The highest BCUT2D eigenvalue weighted by atomic mass is 19.4. The van der Waals surface area contributed by atoms with Gasteiger partial charge in [-0.15, -0.1) is 0 Å². The predicted molar refractivity (Wildman–Crippen MR) is 126 cm³/mol. The normalized spacial score (nSPS) is 20.8. The van der Waals surface area contributed by atoms with Crippen LogP contribution in [0.5, 0.6) is 0 Å². The van der Waals surface area contributed by atoms with Gasteiger partial charge in [0.2, 0.25) is 0 Å². The van der Waals surface area contributed by atoms with Crippen LogP contribution >= 0.6 is 0 Å². The third kappa shape index (κ3) is 3.62. The second-order valence-electron chi connectivity index (χ2n) is 8.47. The van der Waals surface area contributed by atoms with Gasteiger partial charge < -0.3 is 14.7 Å². The summed E-state index contributed by atoms with van der Waals surface area (Å²) in [6.07, 6.45) is -4.94. The minimum atomic E-state index is -5.29. The molecule has 4 aromatic rings. The van der Waals surface area contributed by atoms with E-state index in [1.807, 2.05) is 36.5 Å². The molecule has 2 heterocycles. The lowest BCUT2D eigenvalue weighted by Gasteiger charge is -2.36. The zero-order chi connectivity index (χ0) is 25.7. The number of aromatic amines is 1. The van der Waals surface area contributed by atoms with Gasteiger partial charge in [0, 0.05) is 18.8 Å². The third-order valence-corrected chi connectivity index (χ3v) is 6.37. The molecule has 7 nitrogen and oxygen atoms in total. The van der Waals surface area contributed by atoms with Gasteiger partial charge >= 0.3 is 12.1 Å². The molecule has 3 N–H and O–H groups in total. The molecule has 184 valence electrons. The lowest BCUT2D eigenvalue weighted by Crippen LogP contribution is -2.53. The number of benzene rings is 3. The number of carbonyl (C=O) groups is 2. The topological polar surface area (TPSA) is 91.7 Å². The van der Waals surface area contributed by atoms with E-state index in [1.54, 1.807) is 48.5 Å². The van der Waals surface area contributed by atoms with E-state index >= 15 is 0 Å². The molecule has 2 atom stereocenters. The summed E-state index contributed by atoms with van der Waals surface area (Å²) in [6.45, 7) is 0. The number of nitrogens with zero attached hydrogens (tertiary/aromatic N) is 2. The van der Waals surface area contributed by atoms with E-state index in [0.717, 1.165) is 21.4 Å². The van der Waals surface area contributed by atoms with E-state index in [-0.39, 0.29) is 0 Å². The molecule has 10 heteroatoms. The number of fused-ring (bicyclic) bond motifs is 1. The minimum Gasteiger partial charge on any atom is -0.361 e. The van der Waals surface area contributed by atoms with Crippen molar-refractivity contribution in [2.75, 3.05) is 7.05 Å². The lowest BCUT2D eigenvalue weighted by atomic mass is 9.81. The van der Waals surface area contributed by atoms with Crippen molar-refractivity contribution in [1.29, 1.82) is 0 Å². The van der Waals surface area contributed by atoms with Crippen LogP contribution in [-0.4, -0.2) is 46.3 Å². The van der Waals surface area contributed by atoms with Gasteiger partial charge in [-0.05, 0) is 51.9 Å². The molecule has 1 aliphatic rings. The highest BCUT2D eigenvalue weighted by Gasteiger charge is 2.61. The number of likely N-dealkylation sites (N-methyl/N-ethyl adjacent to an activating group) is 1. The number of nitrogens with two attached hydrogens (primary N) is 1. The van der Waals surface area contributed by atoms with Crippen LogP contribution in [0.3, 0.4) is 0 Å². The summed E-state index contributed by atoms with van der Waals surface area (Å²) in [6, 6.07) is 22.6. The summed E-state index contributed by atoms with van der Waals surface area (Å²) in [5, 5.41) is 1.60. The largest absolute Gasteiger partial charge is 0.492 e. The molecule has 1 amide bonds. The molecule has 0 bridgehead atoms. The minimum absolute atomic E-state index is 0.292. The van der Waals surface area contributed by atoms with Crippen molar-refractivity contribution in [1.82, 2.24) is 14.9 Å². The number of hydrogen-bond acceptors (Lipinski definition) is 5. The second-order valence-corrected chi connectivity index (χ2v) is 8.47. The maximum Gasteiger partial charge on any atom is 0.492 e. The summed E-state index contributed by atoms with van der Waals surface area (Å²) in [5.74, 6) is -3.12. The summed E-state index contributed by atoms with van der Waals surface area (Å²) in [7, 11) is 1.34. The number of H-pyrrole nitrogens is 1. The number of nitrogens with one attached hydrogen (secondary N) is 1. The maximum absolute atomic E-state index is 13.8. The number of hydroxylamine groups is 2. The second kappa shape index (κ2) is 8.51. The van der Waals surface area contributed by atoms with Crippen molar-refractivity contribution in [2.45, 2.75) is 18.0 Å². The molecule has 1 fully saturated rings. The zero-order valence-corrected chi connectivity index (χ0v) is 19.0. The molecule has 1 aliphatic heterocycles. The van der Waals surface area contributed by atoms with Gasteiger partial charge in [0.1, 0.15) is 0 Å². The number of halogens is 3. The lowest BCUT2D eigenvalue weighted by molar-refractivity contribution is -0.260. The molecule has 0 saturated carbocycles. The Bertz CT molecular complexity index is 1450. The molecule has 1 saturated heterocycles. The van der Waals surface area contributed by atoms with Crippen molar-refractivity contribution in [2.24, 2.45) is 5.73 Å². The summed E-state index contributed by atoms with van der Waals surface area (Å²) >= 11 is 0. The smallest absolute Gasteiger partial charge is 0.361 e. The number of amides is 1. The van der Waals surface area contributed by atoms with Gasteiger partial charge in [-0.2, -0.15) is 13.2 Å². The van der Waals surface area contributed by atoms with Gasteiger partial charge in [-0.25, -0.2) is 4.79 Å². The fraction of sp³-hybridized carbons (Fsp3) is 0.154. The number of alkyl halides is 3. The first kappa shape index (κ1) is 23.6.